The van der Waals surface area contributed by atoms with Gasteiger partial charge < -0.3 is 10.1 Å². The Kier molecular flexibility index (Phi) is 4.52. The quantitative estimate of drug-likeness (QED) is 0.619. The van der Waals surface area contributed by atoms with Gasteiger partial charge in [0.15, 0.2) is 5.82 Å². The van der Waals surface area contributed by atoms with Crippen molar-refractivity contribution in [2.24, 2.45) is 0 Å². The standard InChI is InChI=1S/C10H14ClN3O/c1-4-7(2)12-9-5-8(11)13-10(14-9)6-15-3/h4-5,7H,1,6H2,2-3H3,(H,12,13,14). The topological polar surface area (TPSA) is 47.0 Å². The first-order chi connectivity index (χ1) is 7.15. The molecule has 15 heavy (non-hydrogen) atoms. The van der Waals surface area contributed by atoms with Gasteiger partial charge in [0.25, 0.3) is 0 Å². The predicted molar refractivity (Wildman–Crippen MR) is 61.0 cm³/mol. The summed E-state index contributed by atoms with van der Waals surface area (Å²) in [5.74, 6) is 1.23. The number of hydrogen-bond acceptors (Lipinski definition) is 4. The second-order valence-corrected chi connectivity index (χ2v) is 3.48. The Labute approximate surface area is 94.3 Å². The normalized spacial score (nSPS) is 12.2. The zero-order valence-corrected chi connectivity index (χ0v) is 9.58. The lowest BCUT2D eigenvalue weighted by molar-refractivity contribution is 0.178. The number of aromatic nitrogens is 2. The molecule has 0 amide bonds. The molecule has 1 aromatic heterocycles. The minimum absolute atomic E-state index is 0.131. The summed E-state index contributed by atoms with van der Waals surface area (Å²) in [5.41, 5.74) is 0. The first-order valence-electron chi connectivity index (χ1n) is 4.57. The fourth-order valence-corrected chi connectivity index (χ4v) is 1.23. The Balaban J connectivity index is 2.83. The molecule has 0 aliphatic rings. The molecule has 5 heteroatoms. The van der Waals surface area contributed by atoms with E-state index in [1.54, 1.807) is 19.3 Å². The molecule has 1 N–H and O–H groups in total. The molecule has 0 bridgehead atoms. The number of nitrogens with zero attached hydrogens (tertiary/aromatic N) is 2. The average Bonchev–Trinajstić information content (AvgIpc) is 2.17. The highest BCUT2D eigenvalue weighted by Crippen LogP contribution is 2.13. The lowest BCUT2D eigenvalue weighted by Gasteiger charge is -2.10. The van der Waals surface area contributed by atoms with Crippen molar-refractivity contribution >= 4 is 17.4 Å². The highest BCUT2D eigenvalue weighted by atomic mass is 35.5. The van der Waals surface area contributed by atoms with E-state index in [1.807, 2.05) is 6.92 Å². The minimum Gasteiger partial charge on any atom is -0.377 e. The Morgan fingerprint density at radius 3 is 3.00 bits per heavy atom. The maximum Gasteiger partial charge on any atom is 0.158 e. The number of halogens is 1. The van der Waals surface area contributed by atoms with E-state index in [2.05, 4.69) is 21.9 Å². The fourth-order valence-electron chi connectivity index (χ4n) is 1.02. The molecule has 1 aromatic rings. The molecule has 0 fully saturated rings. The van der Waals surface area contributed by atoms with Crippen LogP contribution in [0.5, 0.6) is 0 Å². The highest BCUT2D eigenvalue weighted by molar-refractivity contribution is 6.29. The van der Waals surface area contributed by atoms with E-state index < -0.39 is 0 Å². The molecule has 0 saturated carbocycles. The van der Waals surface area contributed by atoms with Crippen LogP contribution in [0, 0.1) is 0 Å². The molecular weight excluding hydrogens is 214 g/mol. The van der Waals surface area contributed by atoms with Crippen LogP contribution < -0.4 is 5.32 Å². The second kappa shape index (κ2) is 5.68. The number of ether oxygens (including phenoxy) is 1. The van der Waals surface area contributed by atoms with Crippen LogP contribution in [-0.2, 0) is 11.3 Å². The summed E-state index contributed by atoms with van der Waals surface area (Å²) in [7, 11) is 1.59. The van der Waals surface area contributed by atoms with Crippen molar-refractivity contribution in [2.45, 2.75) is 19.6 Å². The fraction of sp³-hybridized carbons (Fsp3) is 0.400. The Bertz CT molecular complexity index is 343. The molecule has 1 unspecified atom stereocenters. The Morgan fingerprint density at radius 1 is 1.67 bits per heavy atom. The van der Waals surface area contributed by atoms with E-state index in [0.717, 1.165) is 0 Å². The summed E-state index contributed by atoms with van der Waals surface area (Å²) in [6.45, 7) is 5.99. The molecular formula is C10H14ClN3O. The largest absolute Gasteiger partial charge is 0.377 e. The van der Waals surface area contributed by atoms with Crippen LogP contribution in [0.3, 0.4) is 0 Å². The lowest BCUT2D eigenvalue weighted by atomic mass is 10.3. The van der Waals surface area contributed by atoms with Crippen LogP contribution in [0.4, 0.5) is 5.82 Å². The van der Waals surface area contributed by atoms with Gasteiger partial charge in [0.05, 0.1) is 0 Å². The number of rotatable bonds is 5. The molecule has 0 spiro atoms. The van der Waals surface area contributed by atoms with E-state index in [9.17, 15) is 0 Å². The highest BCUT2D eigenvalue weighted by Gasteiger charge is 2.04. The van der Waals surface area contributed by atoms with Gasteiger partial charge in [0.1, 0.15) is 17.6 Å². The molecule has 1 atom stereocenters. The molecule has 0 aliphatic heterocycles. The zero-order valence-electron chi connectivity index (χ0n) is 8.83. The maximum absolute atomic E-state index is 5.84. The average molecular weight is 228 g/mol. The second-order valence-electron chi connectivity index (χ2n) is 3.09. The van der Waals surface area contributed by atoms with Crippen molar-refractivity contribution in [1.82, 2.24) is 9.97 Å². The van der Waals surface area contributed by atoms with E-state index in [4.69, 9.17) is 16.3 Å². The van der Waals surface area contributed by atoms with Gasteiger partial charge in [-0.3, -0.25) is 0 Å². The Hall–Kier alpha value is -1.13. The summed E-state index contributed by atoms with van der Waals surface area (Å²) in [4.78, 5) is 8.25. The van der Waals surface area contributed by atoms with Gasteiger partial charge in [-0.25, -0.2) is 9.97 Å². The van der Waals surface area contributed by atoms with Crippen LogP contribution in [0.2, 0.25) is 5.15 Å². The molecule has 82 valence electrons. The first kappa shape index (κ1) is 11.9. The number of nitrogens with one attached hydrogen (secondary N) is 1. The lowest BCUT2D eigenvalue weighted by Crippen LogP contribution is -2.13. The monoisotopic (exact) mass is 227 g/mol. The van der Waals surface area contributed by atoms with Crippen LogP contribution >= 0.6 is 11.6 Å². The number of hydrogen-bond donors (Lipinski definition) is 1. The smallest absolute Gasteiger partial charge is 0.158 e. The van der Waals surface area contributed by atoms with Gasteiger partial charge in [-0.2, -0.15) is 0 Å². The van der Waals surface area contributed by atoms with Crippen molar-refractivity contribution in [1.29, 1.82) is 0 Å². The molecule has 0 saturated heterocycles. The maximum atomic E-state index is 5.84. The molecule has 0 radical (unpaired) electrons. The van der Waals surface area contributed by atoms with Gasteiger partial charge in [-0.15, -0.1) is 6.58 Å². The van der Waals surface area contributed by atoms with Crippen molar-refractivity contribution in [3.8, 4) is 0 Å². The van der Waals surface area contributed by atoms with Crippen LogP contribution in [0.25, 0.3) is 0 Å². The summed E-state index contributed by atoms with van der Waals surface area (Å²) in [6.07, 6.45) is 1.78. The molecule has 4 nitrogen and oxygen atoms in total. The summed E-state index contributed by atoms with van der Waals surface area (Å²) >= 11 is 5.84. The summed E-state index contributed by atoms with van der Waals surface area (Å²) in [6, 6.07) is 1.80. The SMILES string of the molecule is C=CC(C)Nc1cc(Cl)nc(COC)n1. The van der Waals surface area contributed by atoms with Crippen molar-refractivity contribution in [3.63, 3.8) is 0 Å². The van der Waals surface area contributed by atoms with Crippen molar-refractivity contribution < 1.29 is 4.74 Å². The minimum atomic E-state index is 0.131. The van der Waals surface area contributed by atoms with Crippen LogP contribution in [0.15, 0.2) is 18.7 Å². The molecule has 0 aromatic carbocycles. The molecule has 0 aliphatic carbocycles. The van der Waals surface area contributed by atoms with E-state index >= 15 is 0 Å². The first-order valence-corrected chi connectivity index (χ1v) is 4.95. The van der Waals surface area contributed by atoms with Crippen molar-refractivity contribution in [3.05, 3.63) is 29.7 Å². The zero-order chi connectivity index (χ0) is 11.3. The van der Waals surface area contributed by atoms with E-state index in [-0.39, 0.29) is 6.04 Å². The third-order valence-electron chi connectivity index (χ3n) is 1.74. The number of methoxy groups -OCH3 is 1. The third kappa shape index (κ3) is 3.85. The van der Waals surface area contributed by atoms with Gasteiger partial charge in [0.2, 0.25) is 0 Å². The summed E-state index contributed by atoms with van der Waals surface area (Å²) in [5, 5.41) is 3.52. The molecule has 1 rings (SSSR count). The van der Waals surface area contributed by atoms with Gasteiger partial charge >= 0.3 is 0 Å². The van der Waals surface area contributed by atoms with E-state index in [0.29, 0.717) is 23.4 Å². The van der Waals surface area contributed by atoms with Gasteiger partial charge in [-0.1, -0.05) is 17.7 Å². The predicted octanol–water partition coefficient (Wildman–Crippen LogP) is 2.26. The molecule has 1 heterocycles. The third-order valence-corrected chi connectivity index (χ3v) is 1.94. The van der Waals surface area contributed by atoms with Crippen molar-refractivity contribution in [2.75, 3.05) is 12.4 Å². The number of anilines is 1. The van der Waals surface area contributed by atoms with Gasteiger partial charge in [-0.05, 0) is 6.92 Å². The van der Waals surface area contributed by atoms with Gasteiger partial charge in [0, 0.05) is 19.2 Å². The summed E-state index contributed by atoms with van der Waals surface area (Å²) < 4.78 is 4.94. The van der Waals surface area contributed by atoms with Crippen LogP contribution in [-0.4, -0.2) is 23.1 Å². The Morgan fingerprint density at radius 2 is 2.40 bits per heavy atom. The van der Waals surface area contributed by atoms with E-state index in [1.165, 1.54) is 0 Å². The van der Waals surface area contributed by atoms with Crippen LogP contribution in [0.1, 0.15) is 12.7 Å².